The van der Waals surface area contributed by atoms with E-state index in [1.165, 1.54) is 63.8 Å². The number of nitrogens with one attached hydrogen (secondary N) is 8. The van der Waals surface area contributed by atoms with Crippen molar-refractivity contribution < 1.29 is 129 Å². The number of methoxy groups -OCH3 is 9. The van der Waals surface area contributed by atoms with E-state index in [1.807, 2.05) is 194 Å². The van der Waals surface area contributed by atoms with Crippen LogP contribution in [-0.2, 0) is 90.5 Å². The smallest absolute Gasteiger partial charge is 0.407 e. The van der Waals surface area contributed by atoms with Crippen molar-refractivity contribution in [2.24, 2.45) is 72.4 Å². The van der Waals surface area contributed by atoms with Crippen LogP contribution in [0.25, 0.3) is 0 Å². The molecular formula is C96H178N8O27. The van der Waals surface area contributed by atoms with Gasteiger partial charge in [0, 0.05) is 78.4 Å². The average Bonchev–Trinajstić information content (AvgIpc) is 1.80. The fourth-order valence-corrected chi connectivity index (χ4v) is 12.8. The van der Waals surface area contributed by atoms with Crippen LogP contribution in [0.3, 0.4) is 0 Å². The van der Waals surface area contributed by atoms with Gasteiger partial charge in [-0.3, -0.25) is 38.4 Å². The highest BCUT2D eigenvalue weighted by molar-refractivity contribution is 5.96. The van der Waals surface area contributed by atoms with Gasteiger partial charge >= 0.3 is 42.7 Å². The van der Waals surface area contributed by atoms with Gasteiger partial charge in [0.2, 0.25) is 5.91 Å². The summed E-state index contributed by atoms with van der Waals surface area (Å²) in [7, 11) is 12.2. The van der Waals surface area contributed by atoms with Crippen molar-refractivity contribution in [1.82, 2.24) is 42.5 Å². The van der Waals surface area contributed by atoms with Crippen LogP contribution >= 0.6 is 0 Å². The predicted molar refractivity (Wildman–Crippen MR) is 505 cm³/mol. The van der Waals surface area contributed by atoms with Gasteiger partial charge < -0.3 is 99.7 Å². The maximum Gasteiger partial charge on any atom is 0.407 e. The summed E-state index contributed by atoms with van der Waals surface area (Å²) in [4.78, 5) is 175. The molecule has 2 aliphatic heterocycles. The summed E-state index contributed by atoms with van der Waals surface area (Å²) in [5.74, 6) is 0.374. The van der Waals surface area contributed by atoms with Crippen molar-refractivity contribution in [3.05, 3.63) is 12.2 Å². The summed E-state index contributed by atoms with van der Waals surface area (Å²) < 4.78 is 52.8. The van der Waals surface area contributed by atoms with Crippen molar-refractivity contribution in [3.63, 3.8) is 0 Å². The van der Waals surface area contributed by atoms with Crippen LogP contribution in [0.15, 0.2) is 12.2 Å². The Hall–Kier alpha value is -8.41. The Labute approximate surface area is 785 Å². The number of carbonyl (C=O) groups is 15. The van der Waals surface area contributed by atoms with Crippen LogP contribution in [0.1, 0.15) is 286 Å². The second-order valence-electron chi connectivity index (χ2n) is 42.5. The molecule has 1 aliphatic carbocycles. The van der Waals surface area contributed by atoms with Crippen molar-refractivity contribution in [2.75, 3.05) is 90.4 Å². The third-order valence-electron chi connectivity index (χ3n) is 21.2. The number of carbonyl (C=O) groups excluding carboxylic acids is 15. The fraction of sp³-hybridized carbons (Fsp3) is 0.823. The summed E-state index contributed by atoms with van der Waals surface area (Å²) in [5, 5.41) is 30.4. The molecular weight excluding hydrogens is 1700 g/mol. The van der Waals surface area contributed by atoms with E-state index in [2.05, 4.69) is 82.3 Å². The Kier molecular flexibility index (Phi) is 60.8. The largest absolute Gasteiger partial charge is 0.453 e. The number of alkyl carbamates (subject to hydrolysis) is 7. The minimum Gasteiger partial charge on any atom is -0.453 e. The summed E-state index contributed by atoms with van der Waals surface area (Å²) >= 11 is 0. The van der Waals surface area contributed by atoms with Crippen LogP contribution in [0.4, 0.5) is 33.6 Å². The molecule has 8 amide bonds. The number of rotatable bonds is 26. The summed E-state index contributed by atoms with van der Waals surface area (Å²) in [6, 6.07) is -4.14. The zero-order chi connectivity index (χ0) is 104. The molecule has 2 saturated heterocycles. The number of hydrogen-bond donors (Lipinski definition) is 9. The minimum absolute atomic E-state index is 0.00500. The van der Waals surface area contributed by atoms with E-state index in [1.54, 1.807) is 34.8 Å². The molecule has 0 bridgehead atoms. The zero-order valence-corrected chi connectivity index (χ0v) is 88.1. The van der Waals surface area contributed by atoms with E-state index in [0.717, 1.165) is 56.9 Å². The first-order valence-corrected chi connectivity index (χ1v) is 45.0. The molecule has 0 spiro atoms. The summed E-state index contributed by atoms with van der Waals surface area (Å²) in [6.45, 7) is 67.4. The second kappa shape index (κ2) is 60.8. The lowest BCUT2D eigenvalue weighted by Crippen LogP contribution is -2.52. The highest BCUT2D eigenvalue weighted by Gasteiger charge is 2.44. The number of aliphatic hydroxyl groups is 1. The molecule has 12 atom stereocenters. The molecule has 764 valence electrons. The van der Waals surface area contributed by atoms with Gasteiger partial charge in [0.15, 0.2) is 40.5 Å². The molecule has 0 aromatic rings. The third kappa shape index (κ3) is 53.9. The highest BCUT2D eigenvalue weighted by Crippen LogP contribution is 2.35. The molecule has 1 saturated carbocycles. The third-order valence-corrected chi connectivity index (χ3v) is 21.2. The maximum absolute atomic E-state index is 12.5. The second-order valence-corrected chi connectivity index (χ2v) is 42.5. The first-order chi connectivity index (χ1) is 59.4. The molecule has 5 unspecified atom stereocenters. The molecule has 9 N–H and O–H groups in total. The first-order valence-electron chi connectivity index (χ1n) is 45.0. The van der Waals surface area contributed by atoms with Gasteiger partial charge in [-0.05, 0) is 99.4 Å². The lowest BCUT2D eigenvalue weighted by molar-refractivity contribution is -0.133. The standard InChI is InChI=1S/C14H25NO4.C13H23NO4.C13H23NO3.2C12H23NO3.2C11H21NO3.C10H19NO4/c1-9-8-10(6-7-19-9)11(15-13(17)18-5)12(16)14(2,3)4;1-13(2,3)11(15)10(14-12(16)17-4)9-5-7-18-8-6-9;1-13(2,3)11(15)10(14-12(16)17-4)9-7-5-6-8-9;1-11(2,3)8(13-10(15)16-7)9(14)12(4,5)6;1-8(12(3,4)5)10(9(2)15-6)13-11(14)16-7;1-7(2)8(12-10(14)15-6)9(13)11(3,4)5;1-6-9(13)12-8(7-15-5)10(14)11(2,3)4;1-6(12)7(11-9(14)15-5)8(13)10(2,3)4/h9-11H,6-8H2,1-5H3,(H,15,17);9-10H,5-8H2,1-4H3,(H,14,16);9-10H,5-8H2,1-4H3,(H,14,16);8H,1-7H3,(H,13,15);9-10H,1H2,2-7H3,(H,13,14);7-8H,1-6H3,(H,12,14);8H,6-7H2,1-5H3,(H,12,13);6-7,12H,1-5H3,(H,11,14)/t;;;8-;9-,10-;2*8-;6-,7+/m...11001/s1. The summed E-state index contributed by atoms with van der Waals surface area (Å²) in [6.07, 6.45) is 2.87. The molecule has 35 heteroatoms. The SMILES string of the molecule is C=C([C@@H](NC(=O)OC)[C@@H](C)OC)C(C)(C)C.CCC(=O)N[C@@H](COC)C(=O)C(C)(C)C.COC(=O)NC(C(=O)C(C)(C)C)C1CCCC1.COC(=O)NC(C(=O)C(C)(C)C)C1CCOC(C)C1.COC(=O)NC(C(=O)C(C)(C)C)C1CCOCC1.COC(=O)N[C@H](C(=O)C(C)(C)C)C(C)(C)C.COC(=O)N[C@H](C(=O)C(C)(C)C)C(C)C.COC(=O)N[C@H](C(=O)C(C)(C)C)[C@@H](C)O. The van der Waals surface area contributed by atoms with Gasteiger partial charge in [-0.25, -0.2) is 33.6 Å². The maximum atomic E-state index is 12.5. The number of amides is 8. The molecule has 0 aromatic heterocycles. The van der Waals surface area contributed by atoms with E-state index in [9.17, 15) is 77.0 Å². The average molecular weight is 1880 g/mol. The minimum atomic E-state index is -0.948. The Balaban J connectivity index is -0.000000462. The van der Waals surface area contributed by atoms with Crippen LogP contribution in [0.5, 0.6) is 0 Å². The molecule has 2 heterocycles. The first kappa shape index (κ1) is 131. The molecule has 3 aliphatic rings. The summed E-state index contributed by atoms with van der Waals surface area (Å²) in [5.41, 5.74) is -2.98. The Morgan fingerprint density at radius 3 is 0.947 bits per heavy atom. The van der Waals surface area contributed by atoms with Crippen molar-refractivity contribution >= 4 is 89.0 Å². The van der Waals surface area contributed by atoms with Gasteiger partial charge in [0.25, 0.3) is 0 Å². The molecule has 131 heavy (non-hydrogen) atoms. The lowest BCUT2D eigenvalue weighted by atomic mass is 9.76. The van der Waals surface area contributed by atoms with Gasteiger partial charge in [0.05, 0.1) is 111 Å². The Morgan fingerprint density at radius 2 is 0.664 bits per heavy atom. The van der Waals surface area contributed by atoms with E-state index in [4.69, 9.17) is 18.9 Å². The van der Waals surface area contributed by atoms with Gasteiger partial charge in [0.1, 0.15) is 12.1 Å². The Morgan fingerprint density at radius 1 is 0.366 bits per heavy atom. The lowest BCUT2D eigenvalue weighted by Gasteiger charge is -2.35. The van der Waals surface area contributed by atoms with Crippen LogP contribution in [-0.4, -0.2) is 251 Å². The van der Waals surface area contributed by atoms with Crippen molar-refractivity contribution in [2.45, 2.75) is 353 Å². The quantitative estimate of drug-likeness (QED) is 0.0287. The number of aliphatic hydroxyl groups excluding tert-OH is 1. The number of hydrogen-bond acceptors (Lipinski definition) is 27. The fourth-order valence-electron chi connectivity index (χ4n) is 12.8. The highest BCUT2D eigenvalue weighted by atomic mass is 16.6. The Bertz CT molecular complexity index is 3470. The molecule has 0 radical (unpaired) electrons. The zero-order valence-electron chi connectivity index (χ0n) is 88.1. The van der Waals surface area contributed by atoms with E-state index in [-0.39, 0.29) is 106 Å². The van der Waals surface area contributed by atoms with Crippen LogP contribution < -0.4 is 42.5 Å². The number of ether oxygens (including phenoxy) is 11. The molecule has 35 nitrogen and oxygen atoms in total. The van der Waals surface area contributed by atoms with Gasteiger partial charge in [-0.2, -0.15) is 0 Å². The molecule has 3 fully saturated rings. The monoisotopic (exact) mass is 1880 g/mol. The number of ketones is 7. The van der Waals surface area contributed by atoms with Crippen LogP contribution in [0, 0.1) is 72.4 Å². The van der Waals surface area contributed by atoms with Gasteiger partial charge in [-0.15, -0.1) is 0 Å². The van der Waals surface area contributed by atoms with E-state index >= 15 is 0 Å². The normalized spacial score (nSPS) is 17.2. The van der Waals surface area contributed by atoms with E-state index < -0.39 is 129 Å². The van der Waals surface area contributed by atoms with Crippen molar-refractivity contribution in [3.8, 4) is 0 Å². The van der Waals surface area contributed by atoms with E-state index in [0.29, 0.717) is 26.2 Å². The molecule has 0 aromatic carbocycles. The van der Waals surface area contributed by atoms with Crippen LogP contribution in [0.2, 0.25) is 0 Å². The van der Waals surface area contributed by atoms with Gasteiger partial charge in [-0.1, -0.05) is 227 Å². The topological polar surface area (TPSA) is 474 Å². The predicted octanol–water partition coefficient (Wildman–Crippen LogP) is 15.0. The number of Topliss-reactive ketones (excluding diaryl/α,β-unsaturated/α-hetero) is 7. The van der Waals surface area contributed by atoms with Crippen molar-refractivity contribution in [1.29, 1.82) is 0 Å². The molecule has 3 rings (SSSR count).